The summed E-state index contributed by atoms with van der Waals surface area (Å²) in [5.74, 6) is 0. The van der Waals surface area contributed by atoms with Crippen molar-refractivity contribution in [3.63, 3.8) is 0 Å². The molecule has 1 aliphatic rings. The van der Waals surface area contributed by atoms with E-state index in [0.717, 1.165) is 36.0 Å². The Labute approximate surface area is 212 Å². The summed E-state index contributed by atoms with van der Waals surface area (Å²) in [5, 5.41) is 0.102. The van der Waals surface area contributed by atoms with Crippen LogP contribution in [0.15, 0.2) is 18.2 Å². The van der Waals surface area contributed by atoms with Crippen LogP contribution in [0.1, 0.15) is 52.9 Å². The molecule has 2 unspecified atom stereocenters. The van der Waals surface area contributed by atoms with Crippen molar-refractivity contribution >= 4 is 29.4 Å². The molecule has 0 aromatic carbocycles. The number of aromatic nitrogens is 1. The minimum absolute atomic E-state index is 0.0509. The van der Waals surface area contributed by atoms with Gasteiger partial charge in [-0.3, -0.25) is 4.98 Å². The van der Waals surface area contributed by atoms with Crippen LogP contribution >= 0.6 is 14.3 Å². The number of ether oxygens (including phenoxy) is 4. The smallest absolute Gasteiger partial charge is 0.0889 e. The van der Waals surface area contributed by atoms with Crippen LogP contribution in [0.5, 0.6) is 0 Å². The molecule has 1 aromatic rings. The molecule has 0 saturated heterocycles. The first-order valence-corrected chi connectivity index (χ1v) is 16.9. The lowest BCUT2D eigenvalue weighted by Crippen LogP contribution is -2.33. The van der Waals surface area contributed by atoms with Gasteiger partial charge in [0.05, 0.1) is 64.2 Å². The van der Waals surface area contributed by atoms with Gasteiger partial charge in [-0.2, -0.15) is 0 Å². The molecule has 190 valence electrons. The van der Waals surface area contributed by atoms with Gasteiger partial charge >= 0.3 is 0 Å². The number of rotatable bonds is 0. The Morgan fingerprint density at radius 1 is 0.618 bits per heavy atom. The highest BCUT2D eigenvalue weighted by Crippen LogP contribution is 2.71. The van der Waals surface area contributed by atoms with Gasteiger partial charge in [0.1, 0.15) is 0 Å². The van der Waals surface area contributed by atoms with Gasteiger partial charge in [0.25, 0.3) is 0 Å². The summed E-state index contributed by atoms with van der Waals surface area (Å²) >= 11 is 0. The average Bonchev–Trinajstić information content (AvgIpc) is 2.74. The molecular weight excluding hydrogens is 462 g/mol. The molecular formula is C25H45B2NO4P2. The van der Waals surface area contributed by atoms with E-state index in [0.29, 0.717) is 52.9 Å². The van der Waals surface area contributed by atoms with Gasteiger partial charge in [0.15, 0.2) is 0 Å². The molecule has 34 heavy (non-hydrogen) atoms. The monoisotopic (exact) mass is 507 g/mol. The van der Waals surface area contributed by atoms with Crippen LogP contribution in [-0.4, -0.2) is 94.7 Å². The standard InChI is InChI=1S/C25H45B2NO4P2/c1-24(2,3)33(26)16-14-29-10-12-31-20-22-8-7-9-23(28-22)21-32-13-11-30-15-17-34(27,19-18-33)25(4,5)6/h7-9H,10-21H2,1-6H3. The fourth-order valence-corrected chi connectivity index (χ4v) is 10.8. The summed E-state index contributed by atoms with van der Waals surface area (Å²) in [5.41, 5.74) is 1.79. The highest BCUT2D eigenvalue weighted by molar-refractivity contribution is 8.01. The SMILES string of the molecule is [B-][P+]1(C(C)(C)C)CCOCCOCc2cccc(n2)COCCOCC[P+]([B-])(C(C)(C)C)CC1. The lowest BCUT2D eigenvalue weighted by atomic mass is 10.2. The normalized spacial score (nSPS) is 28.1. The maximum absolute atomic E-state index is 7.15. The predicted octanol–water partition coefficient (Wildman–Crippen LogP) is 4.96. The molecule has 1 aromatic heterocycles. The van der Waals surface area contributed by atoms with E-state index in [9.17, 15) is 0 Å². The quantitative estimate of drug-likeness (QED) is 0.367. The van der Waals surface area contributed by atoms with Crippen molar-refractivity contribution in [2.75, 3.05) is 64.3 Å². The fourth-order valence-electron chi connectivity index (χ4n) is 3.86. The van der Waals surface area contributed by atoms with Crippen LogP contribution in [0.25, 0.3) is 0 Å². The third kappa shape index (κ3) is 9.45. The lowest BCUT2D eigenvalue weighted by Gasteiger charge is -2.53. The van der Waals surface area contributed by atoms with E-state index in [1.165, 1.54) is 0 Å². The first-order chi connectivity index (χ1) is 15.9. The lowest BCUT2D eigenvalue weighted by molar-refractivity contribution is 0.0416. The molecule has 5 nitrogen and oxygen atoms in total. The van der Waals surface area contributed by atoms with Crippen LogP contribution < -0.4 is 0 Å². The van der Waals surface area contributed by atoms with Gasteiger partial charge < -0.3 is 34.1 Å². The number of pyridine rings is 1. The molecule has 9 heteroatoms. The van der Waals surface area contributed by atoms with E-state index in [4.69, 9.17) is 34.1 Å². The number of hydrogen-bond acceptors (Lipinski definition) is 5. The molecule has 2 bridgehead atoms. The van der Waals surface area contributed by atoms with Crippen molar-refractivity contribution in [1.29, 1.82) is 0 Å². The first kappa shape index (κ1) is 30.2. The van der Waals surface area contributed by atoms with Crippen molar-refractivity contribution in [2.45, 2.75) is 65.1 Å². The van der Waals surface area contributed by atoms with E-state index >= 15 is 0 Å². The van der Waals surface area contributed by atoms with E-state index in [1.54, 1.807) is 0 Å². The van der Waals surface area contributed by atoms with Gasteiger partial charge in [-0.25, -0.2) is 14.3 Å². The Morgan fingerprint density at radius 3 is 1.38 bits per heavy atom. The van der Waals surface area contributed by atoms with Gasteiger partial charge in [0, 0.05) is 35.0 Å². The second-order valence-electron chi connectivity index (χ2n) is 11.3. The molecule has 1 aliphatic heterocycles. The van der Waals surface area contributed by atoms with Crippen LogP contribution in [0.3, 0.4) is 0 Å². The minimum atomic E-state index is -1.75. The van der Waals surface area contributed by atoms with Crippen molar-refractivity contribution in [3.8, 4) is 0 Å². The molecule has 0 amide bonds. The topological polar surface area (TPSA) is 49.8 Å². The van der Waals surface area contributed by atoms with Crippen LogP contribution in [-0.2, 0) is 32.2 Å². The van der Waals surface area contributed by atoms with Gasteiger partial charge in [-0.15, -0.1) is 0 Å². The van der Waals surface area contributed by atoms with Gasteiger partial charge in [-0.05, 0) is 53.7 Å². The van der Waals surface area contributed by atoms with Crippen LogP contribution in [0.4, 0.5) is 0 Å². The predicted molar refractivity (Wildman–Crippen MR) is 150 cm³/mol. The minimum Gasteiger partial charge on any atom is -0.375 e. The summed E-state index contributed by atoms with van der Waals surface area (Å²) in [7, 11) is 10.8. The Morgan fingerprint density at radius 2 is 1.00 bits per heavy atom. The largest absolute Gasteiger partial charge is 0.375 e. The van der Waals surface area contributed by atoms with Crippen molar-refractivity contribution in [3.05, 3.63) is 29.6 Å². The molecule has 0 N–H and O–H groups in total. The Hall–Kier alpha value is -0.0201. The maximum Gasteiger partial charge on any atom is 0.0889 e. The summed E-state index contributed by atoms with van der Waals surface area (Å²) < 4.78 is 23.4. The van der Waals surface area contributed by atoms with Crippen molar-refractivity contribution in [2.24, 2.45) is 0 Å². The molecule has 0 aliphatic carbocycles. The highest BCUT2D eigenvalue weighted by atomic mass is 31.2. The van der Waals surface area contributed by atoms with Crippen LogP contribution in [0.2, 0.25) is 0 Å². The zero-order valence-corrected chi connectivity index (χ0v) is 24.1. The van der Waals surface area contributed by atoms with Gasteiger partial charge in [0.2, 0.25) is 0 Å². The zero-order valence-electron chi connectivity index (χ0n) is 22.3. The molecule has 2 atom stereocenters. The number of fused-ring (bicyclic) bond motifs is 2. The van der Waals surface area contributed by atoms with E-state index < -0.39 is 14.3 Å². The molecule has 2 rings (SSSR count). The van der Waals surface area contributed by atoms with Crippen LogP contribution in [0, 0.1) is 0 Å². The molecule has 2 heterocycles. The Kier molecular flexibility index (Phi) is 12.0. The summed E-state index contributed by atoms with van der Waals surface area (Å²) in [6.07, 6.45) is 3.78. The maximum atomic E-state index is 7.15. The first-order valence-electron chi connectivity index (χ1n) is 12.4. The number of nitrogens with zero attached hydrogens (tertiary/aromatic N) is 1. The summed E-state index contributed by atoms with van der Waals surface area (Å²) in [4.78, 5) is 4.61. The van der Waals surface area contributed by atoms with E-state index in [-0.39, 0.29) is 10.3 Å². The van der Waals surface area contributed by atoms with E-state index in [1.807, 2.05) is 18.2 Å². The fraction of sp³-hybridized carbons (Fsp3) is 0.800. The highest BCUT2D eigenvalue weighted by Gasteiger charge is 2.38. The molecule has 0 spiro atoms. The summed E-state index contributed by atoms with van der Waals surface area (Å²) in [6, 6.07) is 5.93. The second-order valence-corrected chi connectivity index (χ2v) is 19.9. The summed E-state index contributed by atoms with van der Waals surface area (Å²) in [6.45, 7) is 18.0. The number of hydrogen-bond donors (Lipinski definition) is 0. The average molecular weight is 507 g/mol. The van der Waals surface area contributed by atoms with Gasteiger partial charge in [-0.1, -0.05) is 6.07 Å². The zero-order chi connectivity index (χ0) is 25.3. The van der Waals surface area contributed by atoms with E-state index in [2.05, 4.69) is 46.5 Å². The molecule has 0 fully saturated rings. The van der Waals surface area contributed by atoms with Crippen molar-refractivity contribution in [1.82, 2.24) is 4.98 Å². The third-order valence-electron chi connectivity index (χ3n) is 6.95. The van der Waals surface area contributed by atoms with Crippen molar-refractivity contribution < 1.29 is 18.9 Å². The third-order valence-corrected chi connectivity index (χ3v) is 16.6. The Balaban J connectivity index is 2.09. The Bertz CT molecular complexity index is 687. The second kappa shape index (κ2) is 13.5. The molecule has 6 radical (unpaired) electrons. The molecule has 0 saturated carbocycles.